The third-order valence-corrected chi connectivity index (χ3v) is 8.21. The number of carboxylic acid groups (broad SMARTS) is 1. The molecule has 2 aromatic rings. The van der Waals surface area contributed by atoms with Crippen molar-refractivity contribution < 1.29 is 50.1 Å². The molecule has 1 aliphatic heterocycles. The molecule has 0 bridgehead atoms. The molecule has 1 unspecified atom stereocenters. The number of carbonyl (C=O) groups excluding carboxylic acids is 1. The zero-order chi connectivity index (χ0) is 28.8. The summed E-state index contributed by atoms with van der Waals surface area (Å²) >= 11 is 0. The third-order valence-electron chi connectivity index (χ3n) is 6.42. The van der Waals surface area contributed by atoms with E-state index in [1.807, 2.05) is 0 Å². The van der Waals surface area contributed by atoms with E-state index in [9.17, 15) is 35.6 Å². The zero-order valence-corrected chi connectivity index (χ0v) is 21.7. The minimum Gasteiger partial charge on any atom is -0.486 e. The summed E-state index contributed by atoms with van der Waals surface area (Å²) in [4.78, 5) is 22.7. The monoisotopic (exact) mass is 574 g/mol. The highest BCUT2D eigenvalue weighted by molar-refractivity contribution is 7.92. The molecule has 14 heteroatoms. The quantitative estimate of drug-likeness (QED) is 0.404. The Morgan fingerprint density at radius 3 is 2.46 bits per heavy atom. The van der Waals surface area contributed by atoms with Crippen molar-refractivity contribution >= 4 is 33.5 Å². The smallest absolute Gasteiger partial charge is 0.427 e. The standard InChI is InChI=1S/C25H26F4N2O7S/c1-24(2,25(27,28)29)38-23(34)30-16-6-9-20-19(12-16)31(13-17(37-20)7-10-22(32)33)39(35,36)21-11-15(14-3-4-14)5-8-18(21)26/h5-6,8-9,11-12,14,17H,3-4,7,10,13H2,1-2H3,(H,30,34)(H,32,33). The maximum atomic E-state index is 14.9. The first kappa shape index (κ1) is 28.5. The molecular formula is C25H26F4N2O7S. The van der Waals surface area contributed by atoms with Gasteiger partial charge in [0.25, 0.3) is 10.0 Å². The van der Waals surface area contributed by atoms with Gasteiger partial charge in [0.2, 0.25) is 5.60 Å². The number of ether oxygens (including phenoxy) is 2. The van der Waals surface area contributed by atoms with Crippen LogP contribution >= 0.6 is 0 Å². The number of halogens is 4. The summed E-state index contributed by atoms with van der Waals surface area (Å²) < 4.78 is 92.8. The van der Waals surface area contributed by atoms with Crippen LogP contribution in [0.15, 0.2) is 41.3 Å². The van der Waals surface area contributed by atoms with Crippen LogP contribution in [0.4, 0.5) is 33.7 Å². The van der Waals surface area contributed by atoms with Gasteiger partial charge in [-0.3, -0.25) is 14.4 Å². The van der Waals surface area contributed by atoms with Gasteiger partial charge in [-0.05, 0) is 74.9 Å². The number of nitrogens with one attached hydrogen (secondary N) is 1. The van der Waals surface area contributed by atoms with Gasteiger partial charge in [-0.25, -0.2) is 17.6 Å². The minimum absolute atomic E-state index is 0.00601. The molecule has 39 heavy (non-hydrogen) atoms. The number of hydrogen-bond acceptors (Lipinski definition) is 6. The van der Waals surface area contributed by atoms with Gasteiger partial charge in [-0.15, -0.1) is 0 Å². The predicted octanol–water partition coefficient (Wildman–Crippen LogP) is 5.41. The van der Waals surface area contributed by atoms with Crippen LogP contribution in [0, 0.1) is 5.82 Å². The fourth-order valence-electron chi connectivity index (χ4n) is 3.99. The van der Waals surface area contributed by atoms with E-state index in [-0.39, 0.29) is 42.4 Å². The van der Waals surface area contributed by atoms with E-state index in [2.05, 4.69) is 10.1 Å². The summed E-state index contributed by atoms with van der Waals surface area (Å²) in [5.74, 6) is -1.99. The Bertz CT molecular complexity index is 1390. The summed E-state index contributed by atoms with van der Waals surface area (Å²) in [7, 11) is -4.56. The summed E-state index contributed by atoms with van der Waals surface area (Å²) in [6, 6.07) is 7.52. The number of amides is 1. The second kappa shape index (κ2) is 10.2. The summed E-state index contributed by atoms with van der Waals surface area (Å²) in [5, 5.41) is 11.2. The lowest BCUT2D eigenvalue weighted by atomic mass is 10.1. The number of nitrogens with zero attached hydrogens (tertiary/aromatic N) is 1. The van der Waals surface area contributed by atoms with Gasteiger partial charge >= 0.3 is 18.2 Å². The topological polar surface area (TPSA) is 122 Å². The molecule has 1 heterocycles. The third kappa shape index (κ3) is 6.21. The van der Waals surface area contributed by atoms with E-state index in [1.54, 1.807) is 0 Å². The SMILES string of the molecule is CC(C)(OC(=O)Nc1ccc2c(c1)N(S(=O)(=O)c1cc(C3CC3)ccc1F)CC(CCC(=O)O)O2)C(F)(F)F. The molecule has 0 aromatic heterocycles. The van der Waals surface area contributed by atoms with Gasteiger partial charge < -0.3 is 14.6 Å². The number of alkyl halides is 3. The van der Waals surface area contributed by atoms with Crippen LogP contribution < -0.4 is 14.4 Å². The molecule has 0 saturated heterocycles. The first-order chi connectivity index (χ1) is 18.1. The number of anilines is 2. The largest absolute Gasteiger partial charge is 0.486 e. The molecule has 1 saturated carbocycles. The van der Waals surface area contributed by atoms with Gasteiger partial charge in [-0.2, -0.15) is 13.2 Å². The van der Waals surface area contributed by atoms with Gasteiger partial charge in [0.1, 0.15) is 22.6 Å². The molecule has 0 radical (unpaired) electrons. The van der Waals surface area contributed by atoms with Gasteiger partial charge in [0.05, 0.1) is 12.2 Å². The van der Waals surface area contributed by atoms with Crippen molar-refractivity contribution in [2.24, 2.45) is 0 Å². The van der Waals surface area contributed by atoms with E-state index >= 15 is 0 Å². The van der Waals surface area contributed by atoms with Crippen molar-refractivity contribution in [3.63, 3.8) is 0 Å². The number of carboxylic acids is 1. The van der Waals surface area contributed by atoms with Crippen molar-refractivity contribution in [2.75, 3.05) is 16.2 Å². The Balaban J connectivity index is 1.69. The second-order valence-corrected chi connectivity index (χ2v) is 11.7. The van der Waals surface area contributed by atoms with Gasteiger partial charge in [-0.1, -0.05) is 6.07 Å². The average molecular weight is 575 g/mol. The minimum atomic E-state index is -4.84. The fourth-order valence-corrected chi connectivity index (χ4v) is 5.59. The average Bonchev–Trinajstić information content (AvgIpc) is 3.67. The van der Waals surface area contributed by atoms with Crippen LogP contribution in [0.25, 0.3) is 0 Å². The van der Waals surface area contributed by atoms with Crippen LogP contribution in [0.2, 0.25) is 0 Å². The Morgan fingerprint density at radius 1 is 1.15 bits per heavy atom. The maximum Gasteiger partial charge on any atom is 0.427 e. The van der Waals surface area contributed by atoms with E-state index < -0.39 is 50.7 Å². The normalized spacial score (nSPS) is 17.7. The maximum absolute atomic E-state index is 14.9. The van der Waals surface area contributed by atoms with Crippen LogP contribution in [-0.2, 0) is 19.6 Å². The Hall–Kier alpha value is -3.55. The molecule has 2 aliphatic rings. The molecule has 1 aliphatic carbocycles. The van der Waals surface area contributed by atoms with E-state index in [0.29, 0.717) is 19.4 Å². The van der Waals surface area contributed by atoms with Crippen LogP contribution in [-0.4, -0.2) is 50.0 Å². The van der Waals surface area contributed by atoms with Crippen LogP contribution in [0.5, 0.6) is 5.75 Å². The molecule has 1 fully saturated rings. The van der Waals surface area contributed by atoms with Crippen LogP contribution in [0.3, 0.4) is 0 Å². The lowest BCUT2D eigenvalue weighted by molar-refractivity contribution is -0.242. The van der Waals surface area contributed by atoms with Crippen molar-refractivity contribution in [3.8, 4) is 5.75 Å². The molecule has 1 amide bonds. The Kier molecular flexibility index (Phi) is 7.45. The van der Waals surface area contributed by atoms with Crippen molar-refractivity contribution in [1.82, 2.24) is 0 Å². The molecule has 0 spiro atoms. The lowest BCUT2D eigenvalue weighted by Gasteiger charge is -2.36. The highest BCUT2D eigenvalue weighted by Crippen LogP contribution is 2.43. The van der Waals surface area contributed by atoms with Crippen LogP contribution in [0.1, 0.15) is 51.0 Å². The lowest BCUT2D eigenvalue weighted by Crippen LogP contribution is -2.44. The fraction of sp³-hybridized carbons (Fsp3) is 0.440. The predicted molar refractivity (Wildman–Crippen MR) is 131 cm³/mol. The Labute approximate surface area is 221 Å². The number of aliphatic carboxylic acids is 1. The van der Waals surface area contributed by atoms with Crippen molar-refractivity contribution in [1.29, 1.82) is 0 Å². The number of carbonyl (C=O) groups is 2. The zero-order valence-electron chi connectivity index (χ0n) is 20.9. The van der Waals surface area contributed by atoms with E-state index in [0.717, 1.165) is 29.3 Å². The first-order valence-electron chi connectivity index (χ1n) is 12.0. The molecule has 212 valence electrons. The molecule has 1 atom stereocenters. The highest BCUT2D eigenvalue weighted by atomic mass is 32.2. The van der Waals surface area contributed by atoms with Gasteiger partial charge in [0, 0.05) is 12.1 Å². The molecule has 2 N–H and O–H groups in total. The molecule has 9 nitrogen and oxygen atoms in total. The summed E-state index contributed by atoms with van der Waals surface area (Å²) in [5.41, 5.74) is -2.37. The van der Waals surface area contributed by atoms with Crippen molar-refractivity contribution in [2.45, 2.75) is 68.2 Å². The number of rotatable bonds is 8. The van der Waals surface area contributed by atoms with Gasteiger partial charge in [0.15, 0.2) is 0 Å². The number of sulfonamides is 1. The summed E-state index contributed by atoms with van der Waals surface area (Å²) in [6.07, 6.45) is -5.86. The number of benzene rings is 2. The number of fused-ring (bicyclic) bond motifs is 1. The molecule has 2 aromatic carbocycles. The highest BCUT2D eigenvalue weighted by Gasteiger charge is 2.51. The van der Waals surface area contributed by atoms with E-state index in [1.165, 1.54) is 24.3 Å². The Morgan fingerprint density at radius 2 is 1.85 bits per heavy atom. The first-order valence-corrected chi connectivity index (χ1v) is 13.4. The second-order valence-electron chi connectivity index (χ2n) is 9.88. The molecule has 4 rings (SSSR count). The van der Waals surface area contributed by atoms with E-state index in [4.69, 9.17) is 9.84 Å². The van der Waals surface area contributed by atoms with Crippen molar-refractivity contribution in [3.05, 3.63) is 47.8 Å². The summed E-state index contributed by atoms with van der Waals surface area (Å²) in [6.45, 7) is 0.969. The number of hydrogen-bond donors (Lipinski definition) is 2. The molecular weight excluding hydrogens is 548 g/mol.